The number of aromatic nitrogens is 2. The molecule has 1 heterocycles. The van der Waals surface area contributed by atoms with E-state index in [0.717, 1.165) is 0 Å². The summed E-state index contributed by atoms with van der Waals surface area (Å²) in [5.41, 5.74) is 0.0164. The van der Waals surface area contributed by atoms with Crippen molar-refractivity contribution in [1.29, 1.82) is 0 Å². The summed E-state index contributed by atoms with van der Waals surface area (Å²) < 4.78 is 1.27. The maximum Gasteiger partial charge on any atom is 0.322 e. The Kier molecular flexibility index (Phi) is 4.32. The first-order chi connectivity index (χ1) is 10.3. The van der Waals surface area contributed by atoms with E-state index in [9.17, 15) is 20.0 Å². The second-order valence-corrected chi connectivity index (χ2v) is 4.88. The molecule has 0 atom stereocenters. The normalized spacial score (nSPS) is 10.5. The standard InChI is InChI=1S/C13H13ClN4O4/c1-3-17-12(11(18(21)22)7(2)16-17)13(20)15-8-4-5-10(19)9(14)6-8/h4-6,19H,3H2,1-2H3,(H,15,20). The maximum absolute atomic E-state index is 12.3. The first-order valence-corrected chi connectivity index (χ1v) is 6.74. The second kappa shape index (κ2) is 6.02. The highest BCUT2D eigenvalue weighted by molar-refractivity contribution is 6.32. The van der Waals surface area contributed by atoms with Gasteiger partial charge in [-0.05, 0) is 32.0 Å². The second-order valence-electron chi connectivity index (χ2n) is 4.48. The van der Waals surface area contributed by atoms with Crippen molar-refractivity contribution >= 4 is 28.9 Å². The topological polar surface area (TPSA) is 110 Å². The highest BCUT2D eigenvalue weighted by Crippen LogP contribution is 2.28. The summed E-state index contributed by atoms with van der Waals surface area (Å²) in [6, 6.07) is 4.10. The Bertz CT molecular complexity index is 757. The lowest BCUT2D eigenvalue weighted by atomic mass is 10.2. The minimum Gasteiger partial charge on any atom is -0.506 e. The van der Waals surface area contributed by atoms with Crippen molar-refractivity contribution < 1.29 is 14.8 Å². The molecule has 0 aliphatic carbocycles. The summed E-state index contributed by atoms with van der Waals surface area (Å²) in [6.45, 7) is 3.51. The molecule has 8 nitrogen and oxygen atoms in total. The Morgan fingerprint density at radius 1 is 1.55 bits per heavy atom. The van der Waals surface area contributed by atoms with Gasteiger partial charge in [0, 0.05) is 12.2 Å². The maximum atomic E-state index is 12.3. The Hall–Kier alpha value is -2.61. The van der Waals surface area contributed by atoms with Gasteiger partial charge in [0.1, 0.15) is 11.4 Å². The van der Waals surface area contributed by atoms with Gasteiger partial charge in [-0.1, -0.05) is 11.6 Å². The number of carbonyl (C=O) groups is 1. The molecule has 2 rings (SSSR count). The molecule has 0 aliphatic rings. The number of hydrogen-bond donors (Lipinski definition) is 2. The highest BCUT2D eigenvalue weighted by atomic mass is 35.5. The van der Waals surface area contributed by atoms with E-state index in [2.05, 4.69) is 10.4 Å². The third-order valence-electron chi connectivity index (χ3n) is 3.00. The number of halogens is 1. The van der Waals surface area contributed by atoms with Gasteiger partial charge in [0.15, 0.2) is 0 Å². The number of phenolic OH excluding ortho intramolecular Hbond substituents is 1. The molecule has 0 spiro atoms. The van der Waals surface area contributed by atoms with Crippen LogP contribution >= 0.6 is 11.6 Å². The van der Waals surface area contributed by atoms with E-state index >= 15 is 0 Å². The van der Waals surface area contributed by atoms with Gasteiger partial charge in [-0.25, -0.2) is 0 Å². The molecule has 116 valence electrons. The molecule has 0 bridgehead atoms. The SMILES string of the molecule is CCn1nc(C)c([N+](=O)[O-])c1C(=O)Nc1ccc(O)c(Cl)c1. The van der Waals surface area contributed by atoms with Crippen LogP contribution in [0.25, 0.3) is 0 Å². The van der Waals surface area contributed by atoms with E-state index in [1.54, 1.807) is 6.92 Å². The van der Waals surface area contributed by atoms with Crippen LogP contribution in [0.4, 0.5) is 11.4 Å². The molecule has 0 fully saturated rings. The molecule has 1 aromatic heterocycles. The van der Waals surface area contributed by atoms with Gasteiger partial charge in [-0.15, -0.1) is 0 Å². The van der Waals surface area contributed by atoms with Crippen molar-refractivity contribution in [2.45, 2.75) is 20.4 Å². The highest BCUT2D eigenvalue weighted by Gasteiger charge is 2.30. The molecule has 0 saturated heterocycles. The predicted molar refractivity (Wildman–Crippen MR) is 80.4 cm³/mol. The third kappa shape index (κ3) is 2.86. The lowest BCUT2D eigenvalue weighted by molar-refractivity contribution is -0.385. The van der Waals surface area contributed by atoms with Crippen molar-refractivity contribution in [1.82, 2.24) is 9.78 Å². The Morgan fingerprint density at radius 2 is 2.23 bits per heavy atom. The fourth-order valence-corrected chi connectivity index (χ4v) is 2.20. The van der Waals surface area contributed by atoms with E-state index in [0.29, 0.717) is 12.2 Å². The minimum atomic E-state index is -0.670. The number of amides is 1. The number of aryl methyl sites for hydroxylation is 2. The molecule has 22 heavy (non-hydrogen) atoms. The first kappa shape index (κ1) is 15.8. The van der Waals surface area contributed by atoms with E-state index in [1.165, 1.54) is 29.8 Å². The molecule has 0 aliphatic heterocycles. The molecule has 0 saturated carbocycles. The lowest BCUT2D eigenvalue weighted by Gasteiger charge is -2.07. The monoisotopic (exact) mass is 324 g/mol. The van der Waals surface area contributed by atoms with Crippen LogP contribution in [0, 0.1) is 17.0 Å². The van der Waals surface area contributed by atoms with Gasteiger partial charge >= 0.3 is 5.69 Å². The van der Waals surface area contributed by atoms with Gasteiger partial charge in [0.25, 0.3) is 5.91 Å². The zero-order valence-corrected chi connectivity index (χ0v) is 12.6. The van der Waals surface area contributed by atoms with Gasteiger partial charge in [-0.2, -0.15) is 5.10 Å². The summed E-state index contributed by atoms with van der Waals surface area (Å²) in [6.07, 6.45) is 0. The summed E-state index contributed by atoms with van der Waals surface area (Å²) >= 11 is 5.76. The van der Waals surface area contributed by atoms with Crippen molar-refractivity contribution in [2.24, 2.45) is 0 Å². The van der Waals surface area contributed by atoms with Gasteiger partial charge < -0.3 is 10.4 Å². The van der Waals surface area contributed by atoms with E-state index in [4.69, 9.17) is 11.6 Å². The van der Waals surface area contributed by atoms with Crippen molar-refractivity contribution in [3.05, 3.63) is 44.7 Å². The molecule has 1 amide bonds. The number of hydrogen-bond acceptors (Lipinski definition) is 5. The number of rotatable bonds is 4. The third-order valence-corrected chi connectivity index (χ3v) is 3.30. The van der Waals surface area contributed by atoms with E-state index < -0.39 is 10.8 Å². The van der Waals surface area contributed by atoms with Gasteiger partial charge in [0.05, 0.1) is 9.95 Å². The van der Waals surface area contributed by atoms with Crippen LogP contribution in [0.15, 0.2) is 18.2 Å². The molecule has 0 unspecified atom stereocenters. The van der Waals surface area contributed by atoms with Crippen LogP contribution in [0.5, 0.6) is 5.75 Å². The number of nitrogens with zero attached hydrogens (tertiary/aromatic N) is 3. The average Bonchev–Trinajstić information content (AvgIpc) is 2.79. The Labute approximate surface area is 130 Å². The molecular formula is C13H13ClN4O4. The van der Waals surface area contributed by atoms with Crippen molar-refractivity contribution in [3.63, 3.8) is 0 Å². The quantitative estimate of drug-likeness (QED) is 0.510. The number of nitro groups is 1. The van der Waals surface area contributed by atoms with Gasteiger partial charge in [0.2, 0.25) is 5.69 Å². The summed E-state index contributed by atoms with van der Waals surface area (Å²) in [4.78, 5) is 22.9. The van der Waals surface area contributed by atoms with E-state index in [-0.39, 0.29) is 27.8 Å². The molecule has 1 aromatic carbocycles. The van der Waals surface area contributed by atoms with Crippen LogP contribution < -0.4 is 5.32 Å². The largest absolute Gasteiger partial charge is 0.506 e. The smallest absolute Gasteiger partial charge is 0.322 e. The summed E-state index contributed by atoms with van der Waals surface area (Å²) in [5, 5.41) is 27.1. The Morgan fingerprint density at radius 3 is 2.77 bits per heavy atom. The van der Waals surface area contributed by atoms with Crippen LogP contribution in [0.1, 0.15) is 23.1 Å². The first-order valence-electron chi connectivity index (χ1n) is 6.36. The number of nitrogens with one attached hydrogen (secondary N) is 1. The van der Waals surface area contributed by atoms with E-state index in [1.807, 2.05) is 0 Å². The summed E-state index contributed by atoms with van der Waals surface area (Å²) in [7, 11) is 0. The number of benzene rings is 1. The van der Waals surface area contributed by atoms with Crippen LogP contribution in [0.3, 0.4) is 0 Å². The van der Waals surface area contributed by atoms with Crippen LogP contribution in [-0.2, 0) is 6.54 Å². The fourth-order valence-electron chi connectivity index (χ4n) is 2.02. The zero-order chi connectivity index (χ0) is 16.4. The lowest BCUT2D eigenvalue weighted by Crippen LogP contribution is -2.18. The van der Waals surface area contributed by atoms with Gasteiger partial charge in [-0.3, -0.25) is 19.6 Å². The minimum absolute atomic E-state index is 0.0625. The molecule has 0 radical (unpaired) electrons. The Balaban J connectivity index is 2.40. The molecule has 2 aromatic rings. The molecule has 9 heteroatoms. The fraction of sp³-hybridized carbons (Fsp3) is 0.231. The molecule has 2 N–H and O–H groups in total. The van der Waals surface area contributed by atoms with Crippen LogP contribution in [0.2, 0.25) is 5.02 Å². The van der Waals surface area contributed by atoms with Crippen LogP contribution in [-0.4, -0.2) is 25.7 Å². The zero-order valence-electron chi connectivity index (χ0n) is 11.8. The molecular weight excluding hydrogens is 312 g/mol. The number of phenols is 1. The summed E-state index contributed by atoms with van der Waals surface area (Å²) in [5.74, 6) is -0.795. The predicted octanol–water partition coefficient (Wildman–Crippen LogP) is 2.73. The van der Waals surface area contributed by atoms with Crippen molar-refractivity contribution in [2.75, 3.05) is 5.32 Å². The number of carbonyl (C=O) groups excluding carboxylic acids is 1. The number of anilines is 1. The average molecular weight is 325 g/mol. The van der Waals surface area contributed by atoms with Crippen molar-refractivity contribution in [3.8, 4) is 5.75 Å². The number of aromatic hydroxyl groups is 1.